The van der Waals surface area contributed by atoms with Crippen LogP contribution in [0.3, 0.4) is 0 Å². The Morgan fingerprint density at radius 3 is 1.11 bits per heavy atom. The number of hydrogen-bond donors (Lipinski definition) is 6. The number of hydrogen-bond acceptors (Lipinski definition) is 22. The predicted molar refractivity (Wildman–Crippen MR) is 496 cm³/mol. The first-order valence-corrected chi connectivity index (χ1v) is 45.5. The molecule has 3 heterocycles. The molecule has 9 fully saturated rings. The lowest BCUT2D eigenvalue weighted by atomic mass is 9.80. The van der Waals surface area contributed by atoms with E-state index < -0.39 is 12.0 Å². The molecule has 27 heteroatoms. The SMILES string of the molecule is CC(=O)CBr.CCOC(OCC)OCC.CN1CN(c2ccc(O)cc2)C2(CCCCC2)C1=O.COc1ccc(N)cc1.COc1ccc(N2CN(C)C(=O)C23CCCCC3)cc1.COc1ccc(N2CNC(=O)C23CCCCC3)cc1.COc1ccc(NC2(C#N)CCCCC2)cc1.COc1ccc(NC2(C(N)=O)CCCCC2)cc1.O=C1CCCCC1. The smallest absolute Gasteiger partial charge is 0.271 e. The summed E-state index contributed by atoms with van der Waals surface area (Å²) in [4.78, 5) is 79.9. The van der Waals surface area contributed by atoms with Gasteiger partial charge in [0.05, 0.1) is 67.0 Å². The molecule has 3 saturated heterocycles. The second-order valence-corrected chi connectivity index (χ2v) is 33.3. The molecule has 6 aliphatic carbocycles. The van der Waals surface area contributed by atoms with E-state index >= 15 is 0 Å². The number of halogens is 1. The van der Waals surface area contributed by atoms with Gasteiger partial charge in [0.25, 0.3) is 6.48 Å². The molecule has 4 amide bonds. The molecule has 6 aromatic carbocycles. The molecule has 124 heavy (non-hydrogen) atoms. The van der Waals surface area contributed by atoms with Crippen LogP contribution >= 0.6 is 15.9 Å². The molecular weight excluding hydrogens is 1640 g/mol. The van der Waals surface area contributed by atoms with Gasteiger partial charge in [-0.15, -0.1) is 0 Å². The average molecular weight is 1780 g/mol. The Kier molecular flexibility index (Phi) is 42.4. The van der Waals surface area contributed by atoms with E-state index in [2.05, 4.69) is 64.8 Å². The van der Waals surface area contributed by atoms with Crippen molar-refractivity contribution < 1.29 is 71.8 Å². The molecule has 0 unspecified atom stereocenters. The largest absolute Gasteiger partial charge is 0.508 e. The minimum atomic E-state index is -0.577. The Balaban J connectivity index is 0.000000197. The highest BCUT2D eigenvalue weighted by Gasteiger charge is 2.54. The van der Waals surface area contributed by atoms with E-state index in [1.54, 1.807) is 59.8 Å². The molecule has 0 bridgehead atoms. The summed E-state index contributed by atoms with van der Waals surface area (Å²) >= 11 is 2.96. The third-order valence-corrected chi connectivity index (χ3v) is 25.0. The fraction of sp³-hybridized carbons (Fsp3) is 0.557. The van der Waals surface area contributed by atoms with Crippen LogP contribution in [0.25, 0.3) is 0 Å². The summed E-state index contributed by atoms with van der Waals surface area (Å²) in [5.41, 5.74) is 15.0. The Bertz CT molecular complexity index is 4160. The summed E-state index contributed by atoms with van der Waals surface area (Å²) in [6, 6.07) is 48.3. The Labute approximate surface area is 745 Å². The average Bonchev–Trinajstić information content (AvgIpc) is 1.64. The predicted octanol–water partition coefficient (Wildman–Crippen LogP) is 18.0. The number of anilines is 6. The minimum absolute atomic E-state index is 0.171. The molecule has 3 spiro atoms. The van der Waals surface area contributed by atoms with Gasteiger partial charge in [0.1, 0.15) is 73.8 Å². The standard InChI is InChI=1S/C16H22N2O2.2C15H20N2O2.C14H20N2O2.C14H18N2O.C7H9NO.C7H16O3.C6H10O.C3H5BrO/c1-17-12-18(13-6-8-14(20-2)9-7-13)16(15(17)19)10-4-3-5-11-16;1-19-13-7-5-12(6-8-13)17-11-16-14(18)15(17)9-3-2-4-10-15;1-16-11-17(12-5-7-13(18)8-6-12)15(14(16)19)9-3-2-4-10-15;1-18-12-7-5-11(6-8-12)16-14(13(15)17)9-3-2-4-10-14;1-17-13-7-5-12(6-8-13)16-14(11-15)9-3-2-4-10-14;1-9-7-4-2-6(8)3-5-7;1-4-8-7(9-5-2)10-6-3;7-6-4-2-1-3-5-6;1-3(5)2-4/h6-9H,3-5,10-12H2,1-2H3;5-8H,2-4,9-11H2,1H3,(H,16,18);5-8,18H,2-4,9-11H2,1H3;5-8,16H,2-4,9-10H2,1H3,(H2,15,17);5-8,16H,2-4,9-10H2,1H3;2-5H,8H2,1H3;7H,4-6H2,1-3H3;1-5H2;2H2,1H3. The summed E-state index contributed by atoms with van der Waals surface area (Å²) in [7, 11) is 12.0. The number of phenols is 1. The van der Waals surface area contributed by atoms with Crippen LogP contribution in [0.15, 0.2) is 146 Å². The van der Waals surface area contributed by atoms with Gasteiger partial charge in [-0.3, -0.25) is 28.8 Å². The monoisotopic (exact) mass is 1780 g/mol. The van der Waals surface area contributed by atoms with Gasteiger partial charge < -0.3 is 94.9 Å². The molecule has 9 aliphatic rings. The van der Waals surface area contributed by atoms with Crippen LogP contribution in [0.4, 0.5) is 34.1 Å². The van der Waals surface area contributed by atoms with Crippen molar-refractivity contribution in [3.8, 4) is 40.6 Å². The summed E-state index contributed by atoms with van der Waals surface area (Å²) in [6.07, 6.45) is 31.8. The van der Waals surface area contributed by atoms with E-state index in [1.165, 1.54) is 45.4 Å². The number of likely N-dealkylation sites (N-methyl/N-ethyl adjacent to an activating group) is 2. The van der Waals surface area contributed by atoms with E-state index in [9.17, 15) is 39.1 Å². The summed E-state index contributed by atoms with van der Waals surface area (Å²) in [5, 5.41) is 29.0. The number of aromatic hydroxyl groups is 1. The van der Waals surface area contributed by atoms with Crippen molar-refractivity contribution in [3.05, 3.63) is 146 Å². The number of alkyl halides is 1. The number of nitrogens with zero attached hydrogens (tertiary/aromatic N) is 6. The fourth-order valence-electron chi connectivity index (χ4n) is 17.4. The zero-order chi connectivity index (χ0) is 90.0. The van der Waals surface area contributed by atoms with E-state index in [-0.39, 0.29) is 57.3 Å². The lowest BCUT2D eigenvalue weighted by Gasteiger charge is -2.39. The quantitative estimate of drug-likeness (QED) is 0.0235. The first kappa shape index (κ1) is 101. The maximum absolute atomic E-state index is 12.6. The molecule has 680 valence electrons. The van der Waals surface area contributed by atoms with Gasteiger partial charge in [0.2, 0.25) is 23.6 Å². The van der Waals surface area contributed by atoms with Crippen molar-refractivity contribution in [3.63, 3.8) is 0 Å². The zero-order valence-corrected chi connectivity index (χ0v) is 77.1. The first-order chi connectivity index (χ1) is 59.8. The molecule has 15 rings (SSSR count). The number of nitriles is 1. The third-order valence-electron chi connectivity index (χ3n) is 24.2. The van der Waals surface area contributed by atoms with Gasteiger partial charge in [-0.05, 0) is 250 Å². The Morgan fingerprint density at radius 2 is 0.782 bits per heavy atom. The lowest BCUT2D eigenvalue weighted by Crippen LogP contribution is -2.51. The van der Waals surface area contributed by atoms with Crippen molar-refractivity contribution in [2.24, 2.45) is 5.73 Å². The number of methoxy groups -OCH3 is 5. The Hall–Kier alpha value is -10.0. The molecule has 8 N–H and O–H groups in total. The van der Waals surface area contributed by atoms with Crippen molar-refractivity contribution in [1.29, 1.82) is 5.26 Å². The molecule has 3 aliphatic heterocycles. The number of nitrogens with two attached hydrogens (primary N) is 2. The second kappa shape index (κ2) is 52.1. The molecule has 6 aromatic rings. The van der Waals surface area contributed by atoms with E-state index in [0.717, 1.165) is 217 Å². The van der Waals surface area contributed by atoms with Gasteiger partial charge in [-0.25, -0.2) is 0 Å². The summed E-state index contributed by atoms with van der Waals surface area (Å²) in [5.74, 6) is 5.56. The van der Waals surface area contributed by atoms with E-state index in [0.29, 0.717) is 50.9 Å². The highest BCUT2D eigenvalue weighted by molar-refractivity contribution is 9.09. The molecule has 0 atom stereocenters. The fourth-order valence-corrected chi connectivity index (χ4v) is 17.4. The number of carbonyl (C=O) groups is 6. The topological polar surface area (TPSA) is 325 Å². The van der Waals surface area contributed by atoms with Gasteiger partial charge in [-0.1, -0.05) is 119 Å². The minimum Gasteiger partial charge on any atom is -0.508 e. The van der Waals surface area contributed by atoms with Crippen molar-refractivity contribution in [2.75, 3.05) is 126 Å². The molecule has 6 saturated carbocycles. The number of ketones is 2. The summed E-state index contributed by atoms with van der Waals surface area (Å²) in [6.45, 7) is 10.6. The van der Waals surface area contributed by atoms with Gasteiger partial charge in [0, 0.05) is 80.9 Å². The number of rotatable bonds is 20. The highest BCUT2D eigenvalue weighted by atomic mass is 79.9. The normalized spacial score (nSPS) is 18.4. The second-order valence-electron chi connectivity index (χ2n) is 32.8. The lowest BCUT2D eigenvalue weighted by molar-refractivity contribution is -0.282. The number of nitrogens with one attached hydrogen (secondary N) is 3. The number of carbonyl (C=O) groups excluding carboxylic acids is 6. The van der Waals surface area contributed by atoms with Crippen LogP contribution in [0.2, 0.25) is 0 Å². The molecular formula is C97H140BrN11O15. The zero-order valence-electron chi connectivity index (χ0n) is 75.5. The molecule has 0 aromatic heterocycles. The van der Waals surface area contributed by atoms with Crippen molar-refractivity contribution in [2.45, 2.75) is 254 Å². The van der Waals surface area contributed by atoms with Gasteiger partial charge in [0.15, 0.2) is 0 Å². The van der Waals surface area contributed by atoms with Gasteiger partial charge in [-0.2, -0.15) is 5.26 Å². The van der Waals surface area contributed by atoms with Crippen LogP contribution < -0.4 is 65.8 Å². The third kappa shape index (κ3) is 29.3. The van der Waals surface area contributed by atoms with Crippen molar-refractivity contribution in [1.82, 2.24) is 15.1 Å². The van der Waals surface area contributed by atoms with Crippen LogP contribution in [-0.2, 0) is 43.0 Å². The van der Waals surface area contributed by atoms with Crippen molar-refractivity contribution >= 4 is 85.2 Å². The summed E-state index contributed by atoms with van der Waals surface area (Å²) < 4.78 is 40.8. The number of Topliss-reactive ketones (excluding diaryl/α,β-unsaturated/α-hetero) is 2. The Morgan fingerprint density at radius 1 is 0.468 bits per heavy atom. The van der Waals surface area contributed by atoms with Gasteiger partial charge >= 0.3 is 0 Å². The number of ether oxygens (including phenoxy) is 8. The first-order valence-electron chi connectivity index (χ1n) is 44.4. The van der Waals surface area contributed by atoms with Crippen LogP contribution in [0, 0.1) is 11.3 Å². The van der Waals surface area contributed by atoms with Crippen LogP contribution in [0.1, 0.15) is 220 Å². The highest BCUT2D eigenvalue weighted by Crippen LogP contribution is 2.45. The number of benzene rings is 6. The maximum Gasteiger partial charge on any atom is 0.271 e. The van der Waals surface area contributed by atoms with Crippen LogP contribution in [-0.4, -0.2) is 179 Å². The van der Waals surface area contributed by atoms with Crippen LogP contribution in [0.5, 0.6) is 34.5 Å². The van der Waals surface area contributed by atoms with E-state index in [4.69, 9.17) is 49.4 Å². The molecule has 26 nitrogen and oxygen atoms in total. The number of amides is 4. The number of primary amides is 1. The number of nitrogen functional groups attached to an aromatic ring is 1. The number of phenolic OH excluding ortho intramolecular Hbond substituents is 1. The van der Waals surface area contributed by atoms with E-state index in [1.807, 2.05) is 154 Å². The molecule has 0 radical (unpaired) electrons. The maximum atomic E-state index is 12.6.